The van der Waals surface area contributed by atoms with E-state index >= 15 is 0 Å². The molecule has 0 spiro atoms. The third kappa shape index (κ3) is 3.67. The molecule has 19 heavy (non-hydrogen) atoms. The molecule has 3 N–H and O–H groups in total. The number of amides is 1. The van der Waals surface area contributed by atoms with Crippen LogP contribution in [0, 0.1) is 6.92 Å². The molecule has 1 aromatic heterocycles. The number of nitrogens with zero attached hydrogens (tertiary/aromatic N) is 2. The maximum atomic E-state index is 12.0. The van der Waals surface area contributed by atoms with Gasteiger partial charge in [0.05, 0.1) is 23.1 Å². The Kier molecular flexibility index (Phi) is 4.37. The van der Waals surface area contributed by atoms with E-state index in [1.54, 1.807) is 12.3 Å². The van der Waals surface area contributed by atoms with E-state index in [9.17, 15) is 4.79 Å². The maximum absolute atomic E-state index is 12.0. The molecule has 1 saturated carbocycles. The Morgan fingerprint density at radius 3 is 2.95 bits per heavy atom. The van der Waals surface area contributed by atoms with Gasteiger partial charge in [0.1, 0.15) is 0 Å². The molecular weight excluding hydrogens is 240 g/mol. The molecule has 1 heterocycles. The van der Waals surface area contributed by atoms with Crippen molar-refractivity contribution < 1.29 is 4.79 Å². The smallest absolute Gasteiger partial charge is 0.253 e. The van der Waals surface area contributed by atoms with Gasteiger partial charge in [-0.1, -0.05) is 6.92 Å². The normalized spacial score (nSPS) is 14.7. The highest BCUT2D eigenvalue weighted by molar-refractivity contribution is 5.95. The summed E-state index contributed by atoms with van der Waals surface area (Å²) in [6, 6.07) is 2.41. The van der Waals surface area contributed by atoms with E-state index in [-0.39, 0.29) is 5.91 Å². The summed E-state index contributed by atoms with van der Waals surface area (Å²) in [5, 5.41) is 2.94. The van der Waals surface area contributed by atoms with Crippen LogP contribution in [0.4, 0.5) is 5.69 Å². The number of hydrogen-bond donors (Lipinski definition) is 2. The van der Waals surface area contributed by atoms with Gasteiger partial charge in [0, 0.05) is 19.1 Å². The van der Waals surface area contributed by atoms with Crippen molar-refractivity contribution in [3.05, 3.63) is 23.5 Å². The molecule has 1 aromatic rings. The Morgan fingerprint density at radius 1 is 1.58 bits per heavy atom. The number of nitrogens with two attached hydrogens (primary N) is 1. The number of aryl methyl sites for hydroxylation is 1. The van der Waals surface area contributed by atoms with Crippen molar-refractivity contribution in [2.24, 2.45) is 0 Å². The third-order valence-electron chi connectivity index (χ3n) is 3.51. The zero-order chi connectivity index (χ0) is 13.8. The number of nitrogens with one attached hydrogen (secondary N) is 1. The molecule has 0 unspecified atom stereocenters. The summed E-state index contributed by atoms with van der Waals surface area (Å²) in [5.74, 6) is -0.0934. The highest BCUT2D eigenvalue weighted by Gasteiger charge is 2.27. The summed E-state index contributed by atoms with van der Waals surface area (Å²) >= 11 is 0. The van der Waals surface area contributed by atoms with Crippen LogP contribution in [-0.4, -0.2) is 41.5 Å². The minimum atomic E-state index is -0.0934. The fraction of sp³-hybridized carbons (Fsp3) is 0.571. The molecule has 1 amide bonds. The standard InChI is InChI=1S/C14H22N4O/c1-3-18(12-4-5-12)7-6-16-14(19)13-8-11(15)9-17-10(13)2/h8-9,12H,3-7,15H2,1-2H3,(H,16,19). The number of pyridine rings is 1. The second-order valence-electron chi connectivity index (χ2n) is 5.02. The topological polar surface area (TPSA) is 71.2 Å². The van der Waals surface area contributed by atoms with Gasteiger partial charge in [0.15, 0.2) is 0 Å². The number of carbonyl (C=O) groups excluding carboxylic acids is 1. The average Bonchev–Trinajstić information content (AvgIpc) is 3.21. The monoisotopic (exact) mass is 262 g/mol. The predicted molar refractivity (Wildman–Crippen MR) is 76.0 cm³/mol. The van der Waals surface area contributed by atoms with Gasteiger partial charge in [-0.3, -0.25) is 14.7 Å². The van der Waals surface area contributed by atoms with Crippen LogP contribution in [-0.2, 0) is 0 Å². The van der Waals surface area contributed by atoms with Crippen molar-refractivity contribution in [1.82, 2.24) is 15.2 Å². The lowest BCUT2D eigenvalue weighted by Gasteiger charge is -2.19. The Hall–Kier alpha value is -1.62. The number of rotatable bonds is 6. The van der Waals surface area contributed by atoms with Crippen molar-refractivity contribution in [3.63, 3.8) is 0 Å². The first-order valence-corrected chi connectivity index (χ1v) is 6.86. The van der Waals surface area contributed by atoms with Crippen molar-refractivity contribution in [2.45, 2.75) is 32.7 Å². The second-order valence-corrected chi connectivity index (χ2v) is 5.02. The molecule has 5 heteroatoms. The molecule has 0 bridgehead atoms. The van der Waals surface area contributed by atoms with E-state index in [0.717, 1.165) is 19.1 Å². The van der Waals surface area contributed by atoms with E-state index in [1.165, 1.54) is 12.8 Å². The van der Waals surface area contributed by atoms with Gasteiger partial charge < -0.3 is 11.1 Å². The van der Waals surface area contributed by atoms with Gasteiger partial charge in [-0.2, -0.15) is 0 Å². The molecule has 2 rings (SSSR count). The van der Waals surface area contributed by atoms with Crippen molar-refractivity contribution in [2.75, 3.05) is 25.4 Å². The first kappa shape index (κ1) is 13.8. The first-order valence-electron chi connectivity index (χ1n) is 6.86. The molecule has 0 atom stereocenters. The molecule has 0 aromatic carbocycles. The summed E-state index contributed by atoms with van der Waals surface area (Å²) in [4.78, 5) is 18.6. The minimum Gasteiger partial charge on any atom is -0.397 e. The molecule has 104 valence electrons. The van der Waals surface area contributed by atoms with Crippen LogP contribution in [0.5, 0.6) is 0 Å². The number of likely N-dealkylation sites (N-methyl/N-ethyl adjacent to an activating group) is 1. The van der Waals surface area contributed by atoms with E-state index in [4.69, 9.17) is 5.73 Å². The Balaban J connectivity index is 1.85. The second kappa shape index (κ2) is 6.02. The molecular formula is C14H22N4O. The largest absolute Gasteiger partial charge is 0.397 e. The maximum Gasteiger partial charge on any atom is 0.253 e. The number of nitrogen functional groups attached to an aromatic ring is 1. The first-order chi connectivity index (χ1) is 9.11. The highest BCUT2D eigenvalue weighted by atomic mass is 16.1. The summed E-state index contributed by atoms with van der Waals surface area (Å²) in [6.45, 7) is 6.58. The molecule has 0 radical (unpaired) electrons. The van der Waals surface area contributed by atoms with Gasteiger partial charge in [-0.15, -0.1) is 0 Å². The molecule has 0 saturated heterocycles. The number of aromatic nitrogens is 1. The van der Waals surface area contributed by atoms with Crippen LogP contribution in [0.2, 0.25) is 0 Å². The summed E-state index contributed by atoms with van der Waals surface area (Å²) in [7, 11) is 0. The molecule has 0 aliphatic heterocycles. The van der Waals surface area contributed by atoms with Crippen LogP contribution >= 0.6 is 0 Å². The lowest BCUT2D eigenvalue weighted by Crippen LogP contribution is -2.36. The predicted octanol–water partition coefficient (Wildman–Crippen LogP) is 1.19. The van der Waals surface area contributed by atoms with Crippen LogP contribution in [0.3, 0.4) is 0 Å². The van der Waals surface area contributed by atoms with Gasteiger partial charge in [-0.05, 0) is 32.4 Å². The van der Waals surface area contributed by atoms with Gasteiger partial charge >= 0.3 is 0 Å². The van der Waals surface area contributed by atoms with Crippen LogP contribution in [0.1, 0.15) is 35.8 Å². The highest BCUT2D eigenvalue weighted by Crippen LogP contribution is 2.25. The molecule has 1 aliphatic carbocycles. The lowest BCUT2D eigenvalue weighted by atomic mass is 10.2. The fourth-order valence-corrected chi connectivity index (χ4v) is 2.23. The summed E-state index contributed by atoms with van der Waals surface area (Å²) < 4.78 is 0. The quantitative estimate of drug-likeness (QED) is 0.807. The van der Waals surface area contributed by atoms with Crippen LogP contribution in [0.25, 0.3) is 0 Å². The van der Waals surface area contributed by atoms with E-state index < -0.39 is 0 Å². The molecule has 1 fully saturated rings. The van der Waals surface area contributed by atoms with Crippen LogP contribution in [0.15, 0.2) is 12.3 Å². The lowest BCUT2D eigenvalue weighted by molar-refractivity contribution is 0.0947. The minimum absolute atomic E-state index is 0.0934. The van der Waals surface area contributed by atoms with Gasteiger partial charge in [0.2, 0.25) is 0 Å². The van der Waals surface area contributed by atoms with E-state index in [0.29, 0.717) is 23.5 Å². The number of anilines is 1. The van der Waals surface area contributed by atoms with E-state index in [1.807, 2.05) is 6.92 Å². The molecule has 5 nitrogen and oxygen atoms in total. The van der Waals surface area contributed by atoms with Gasteiger partial charge in [-0.25, -0.2) is 0 Å². The third-order valence-corrected chi connectivity index (χ3v) is 3.51. The summed E-state index contributed by atoms with van der Waals surface area (Å²) in [6.07, 6.45) is 4.15. The molecule has 1 aliphatic rings. The van der Waals surface area contributed by atoms with Gasteiger partial charge in [0.25, 0.3) is 5.91 Å². The SMILES string of the molecule is CCN(CCNC(=O)c1cc(N)cnc1C)C1CC1. The van der Waals surface area contributed by atoms with Crippen molar-refractivity contribution in [1.29, 1.82) is 0 Å². The number of hydrogen-bond acceptors (Lipinski definition) is 4. The Morgan fingerprint density at radius 2 is 2.32 bits per heavy atom. The Labute approximate surface area is 114 Å². The zero-order valence-electron chi connectivity index (χ0n) is 11.6. The average molecular weight is 262 g/mol. The van der Waals surface area contributed by atoms with Crippen molar-refractivity contribution >= 4 is 11.6 Å². The zero-order valence-corrected chi connectivity index (χ0v) is 11.6. The fourth-order valence-electron chi connectivity index (χ4n) is 2.23. The van der Waals surface area contributed by atoms with E-state index in [2.05, 4.69) is 22.1 Å². The Bertz CT molecular complexity index is 457. The van der Waals surface area contributed by atoms with Crippen LogP contribution < -0.4 is 11.1 Å². The summed E-state index contributed by atoms with van der Waals surface area (Å²) in [5.41, 5.74) is 7.45. The van der Waals surface area contributed by atoms with Crippen molar-refractivity contribution in [3.8, 4) is 0 Å². The number of carbonyl (C=O) groups is 1.